The number of aromatic nitrogens is 2. The Morgan fingerprint density at radius 3 is 2.70 bits per heavy atom. The normalized spacial score (nSPS) is 19.8. The Bertz CT molecular complexity index is 972. The van der Waals surface area contributed by atoms with E-state index in [2.05, 4.69) is 20.0 Å². The Balaban J connectivity index is 1.55. The number of rotatable bonds is 2. The van der Waals surface area contributed by atoms with Crippen molar-refractivity contribution in [2.24, 2.45) is 0 Å². The highest BCUT2D eigenvalue weighted by molar-refractivity contribution is 7.89. The maximum atomic E-state index is 12.7. The van der Waals surface area contributed by atoms with E-state index in [1.54, 1.807) is 17.0 Å². The van der Waals surface area contributed by atoms with Crippen LogP contribution in [0.1, 0.15) is 23.3 Å². The van der Waals surface area contributed by atoms with Crippen LogP contribution in [0.15, 0.2) is 41.7 Å². The van der Waals surface area contributed by atoms with Crippen molar-refractivity contribution in [2.45, 2.75) is 23.4 Å². The van der Waals surface area contributed by atoms with Crippen molar-refractivity contribution < 1.29 is 17.9 Å². The fourth-order valence-corrected chi connectivity index (χ4v) is 4.98. The summed E-state index contributed by atoms with van der Waals surface area (Å²) < 4.78 is 33.3. The van der Waals surface area contributed by atoms with Crippen LogP contribution >= 0.6 is 0 Å². The van der Waals surface area contributed by atoms with Gasteiger partial charge in [-0.2, -0.15) is 4.72 Å². The number of fused-ring (bicyclic) bond motifs is 1. The van der Waals surface area contributed by atoms with Crippen molar-refractivity contribution >= 4 is 21.6 Å². The summed E-state index contributed by atoms with van der Waals surface area (Å²) in [5.74, 6) is 0.363. The van der Waals surface area contributed by atoms with Crippen molar-refractivity contribution in [1.29, 1.82) is 0 Å². The van der Waals surface area contributed by atoms with Crippen molar-refractivity contribution in [3.8, 4) is 5.75 Å². The lowest BCUT2D eigenvalue weighted by atomic mass is 9.96. The van der Waals surface area contributed by atoms with Gasteiger partial charge in [-0.25, -0.2) is 13.4 Å². The number of piperidine rings is 1. The highest BCUT2D eigenvalue weighted by atomic mass is 32.2. The van der Waals surface area contributed by atoms with Gasteiger partial charge in [-0.15, -0.1) is 0 Å². The molecule has 4 rings (SSSR count). The molecule has 27 heavy (non-hydrogen) atoms. The summed E-state index contributed by atoms with van der Waals surface area (Å²) in [5, 5.41) is 3.31. The molecule has 9 nitrogen and oxygen atoms in total. The van der Waals surface area contributed by atoms with Crippen molar-refractivity contribution in [3.63, 3.8) is 0 Å². The molecule has 1 fully saturated rings. The lowest BCUT2D eigenvalue weighted by Gasteiger charge is -2.45. The van der Waals surface area contributed by atoms with Crippen molar-refractivity contribution in [2.75, 3.05) is 25.5 Å². The van der Waals surface area contributed by atoms with E-state index in [0.29, 0.717) is 37.4 Å². The molecule has 2 aliphatic heterocycles. The van der Waals surface area contributed by atoms with Crippen LogP contribution in [0.5, 0.6) is 5.75 Å². The maximum Gasteiger partial charge on any atom is 0.274 e. The van der Waals surface area contributed by atoms with Gasteiger partial charge in [0.1, 0.15) is 22.0 Å². The molecule has 0 bridgehead atoms. The fraction of sp³-hybridized carbons (Fsp3) is 0.353. The number of nitrogens with one attached hydrogen (secondary N) is 2. The highest BCUT2D eigenvalue weighted by Crippen LogP contribution is 2.37. The van der Waals surface area contributed by atoms with E-state index in [0.717, 1.165) is 0 Å². The average molecular weight is 389 g/mol. The van der Waals surface area contributed by atoms with E-state index in [1.165, 1.54) is 31.8 Å². The predicted octanol–water partition coefficient (Wildman–Crippen LogP) is 0.821. The number of methoxy groups -OCH3 is 1. The zero-order valence-electron chi connectivity index (χ0n) is 14.7. The number of nitrogens with zero attached hydrogens (tertiary/aromatic N) is 3. The maximum absolute atomic E-state index is 12.7. The number of anilines is 1. The minimum Gasteiger partial charge on any atom is -0.497 e. The second-order valence-corrected chi connectivity index (χ2v) is 8.21. The Labute approximate surface area is 156 Å². The molecule has 0 unspecified atom stereocenters. The van der Waals surface area contributed by atoms with Crippen LogP contribution in [0.3, 0.4) is 0 Å². The van der Waals surface area contributed by atoms with Gasteiger partial charge in [0.25, 0.3) is 5.91 Å². The monoisotopic (exact) mass is 389 g/mol. The SMILES string of the molecule is COc1ccc2c(c1)NC1(CCN(C(=O)c3cnccn3)CC1)NS2(=O)=O. The van der Waals surface area contributed by atoms with Gasteiger partial charge in [0, 0.05) is 44.4 Å². The molecule has 0 radical (unpaired) electrons. The zero-order valence-corrected chi connectivity index (χ0v) is 15.5. The molecule has 1 amide bonds. The van der Waals surface area contributed by atoms with Gasteiger partial charge in [-0.3, -0.25) is 9.78 Å². The third-order valence-corrected chi connectivity index (χ3v) is 6.46. The Hall–Kier alpha value is -2.72. The molecule has 2 aliphatic rings. The minimum absolute atomic E-state index is 0.187. The first-order valence-corrected chi connectivity index (χ1v) is 9.96. The van der Waals surface area contributed by atoms with Gasteiger partial charge in [0.05, 0.1) is 19.0 Å². The number of carbonyl (C=O) groups excluding carboxylic acids is 1. The topological polar surface area (TPSA) is 114 Å². The first kappa shape index (κ1) is 17.7. The molecular weight excluding hydrogens is 370 g/mol. The number of ether oxygens (including phenoxy) is 1. The van der Waals surface area contributed by atoms with Crippen LogP contribution in [0.2, 0.25) is 0 Å². The lowest BCUT2D eigenvalue weighted by Crippen LogP contribution is -2.62. The van der Waals surface area contributed by atoms with Crippen molar-refractivity contribution in [3.05, 3.63) is 42.5 Å². The van der Waals surface area contributed by atoms with E-state index in [1.807, 2.05) is 0 Å². The molecular formula is C17H19N5O4S. The van der Waals surface area contributed by atoms with Crippen molar-refractivity contribution in [1.82, 2.24) is 19.6 Å². The summed E-state index contributed by atoms with van der Waals surface area (Å²) in [6.45, 7) is 0.786. The highest BCUT2D eigenvalue weighted by Gasteiger charge is 2.44. The third-order valence-electron chi connectivity index (χ3n) is 4.87. The molecule has 0 saturated carbocycles. The van der Waals surface area contributed by atoms with Gasteiger partial charge < -0.3 is 15.0 Å². The zero-order chi connectivity index (χ0) is 19.1. The molecule has 2 aromatic rings. The van der Waals surface area contributed by atoms with Gasteiger partial charge in [-0.05, 0) is 12.1 Å². The van der Waals surface area contributed by atoms with Crippen LogP contribution < -0.4 is 14.8 Å². The molecule has 142 valence electrons. The molecule has 1 aromatic heterocycles. The lowest BCUT2D eigenvalue weighted by molar-refractivity contribution is 0.0669. The molecule has 1 aromatic carbocycles. The molecule has 10 heteroatoms. The molecule has 1 saturated heterocycles. The Morgan fingerprint density at radius 1 is 1.26 bits per heavy atom. The summed E-state index contributed by atoms with van der Waals surface area (Å²) in [6.07, 6.45) is 5.26. The van der Waals surface area contributed by atoms with E-state index < -0.39 is 15.7 Å². The fourth-order valence-electron chi connectivity index (χ4n) is 3.45. The minimum atomic E-state index is -3.66. The quantitative estimate of drug-likeness (QED) is 0.782. The van der Waals surface area contributed by atoms with Crippen LogP contribution in [0, 0.1) is 0 Å². The van der Waals surface area contributed by atoms with Gasteiger partial charge >= 0.3 is 0 Å². The van der Waals surface area contributed by atoms with Gasteiger partial charge in [0.15, 0.2) is 0 Å². The number of benzene rings is 1. The number of carbonyl (C=O) groups is 1. The van der Waals surface area contributed by atoms with Gasteiger partial charge in [-0.1, -0.05) is 0 Å². The molecule has 0 aliphatic carbocycles. The van der Waals surface area contributed by atoms with Crippen LogP contribution in [0.25, 0.3) is 0 Å². The average Bonchev–Trinajstić information content (AvgIpc) is 2.67. The summed E-state index contributed by atoms with van der Waals surface area (Å²) in [7, 11) is -2.13. The molecule has 0 atom stereocenters. The largest absolute Gasteiger partial charge is 0.497 e. The van der Waals surface area contributed by atoms with Gasteiger partial charge in [0.2, 0.25) is 10.0 Å². The number of hydrogen-bond acceptors (Lipinski definition) is 7. The standard InChI is InChI=1S/C17H19N5O4S/c1-26-12-2-3-15-13(10-12)20-17(21-27(15,24)25)4-8-22(9-5-17)16(23)14-11-18-6-7-19-14/h2-3,6-7,10-11,20-21H,4-5,8-9H2,1H3. The number of sulfonamides is 1. The molecule has 2 N–H and O–H groups in total. The van der Waals surface area contributed by atoms with E-state index in [4.69, 9.17) is 4.74 Å². The summed E-state index contributed by atoms with van der Waals surface area (Å²) in [4.78, 5) is 22.3. The summed E-state index contributed by atoms with van der Waals surface area (Å²) in [6, 6.07) is 4.80. The molecule has 3 heterocycles. The van der Waals surface area contributed by atoms with E-state index >= 15 is 0 Å². The number of amides is 1. The number of hydrogen-bond donors (Lipinski definition) is 2. The van der Waals surface area contributed by atoms with Crippen LogP contribution in [0.4, 0.5) is 5.69 Å². The Morgan fingerprint density at radius 2 is 2.04 bits per heavy atom. The predicted molar refractivity (Wildman–Crippen MR) is 96.8 cm³/mol. The first-order valence-electron chi connectivity index (χ1n) is 8.48. The summed E-state index contributed by atoms with van der Waals surface area (Å²) in [5.41, 5.74) is -0.0559. The molecule has 1 spiro atoms. The smallest absolute Gasteiger partial charge is 0.274 e. The third kappa shape index (κ3) is 3.21. The van der Waals surface area contributed by atoms with E-state index in [9.17, 15) is 13.2 Å². The van der Waals surface area contributed by atoms with Crippen LogP contribution in [-0.4, -0.2) is 55.1 Å². The number of likely N-dealkylation sites (tertiary alicyclic amines) is 1. The summed E-state index contributed by atoms with van der Waals surface area (Å²) >= 11 is 0. The second kappa shape index (κ2) is 6.46. The Kier molecular flexibility index (Phi) is 4.23. The van der Waals surface area contributed by atoms with E-state index in [-0.39, 0.29) is 16.5 Å². The van der Waals surface area contributed by atoms with Crippen LogP contribution in [-0.2, 0) is 10.0 Å². The first-order chi connectivity index (χ1) is 12.9. The second-order valence-electron chi connectivity index (χ2n) is 6.56.